The summed E-state index contributed by atoms with van der Waals surface area (Å²) in [6.45, 7) is 4.71. The minimum atomic E-state index is -0.0760. The van der Waals surface area contributed by atoms with Crippen LogP contribution >= 0.6 is 11.3 Å². The van der Waals surface area contributed by atoms with Gasteiger partial charge in [-0.2, -0.15) is 0 Å². The lowest BCUT2D eigenvalue weighted by molar-refractivity contribution is -0.135. The van der Waals surface area contributed by atoms with Crippen molar-refractivity contribution >= 4 is 17.2 Å². The van der Waals surface area contributed by atoms with E-state index in [2.05, 4.69) is 54.0 Å². The lowest BCUT2D eigenvalue weighted by atomic mass is 10.0. The first-order valence-electron chi connectivity index (χ1n) is 7.93. The number of benzene rings is 1. The van der Waals surface area contributed by atoms with Gasteiger partial charge in [-0.1, -0.05) is 37.3 Å². The van der Waals surface area contributed by atoms with Crippen LogP contribution in [0.1, 0.15) is 18.9 Å². The van der Waals surface area contributed by atoms with Crippen molar-refractivity contribution in [2.45, 2.75) is 25.8 Å². The van der Waals surface area contributed by atoms with Gasteiger partial charge in [0.05, 0.1) is 6.04 Å². The fraction of sp³-hybridized carbons (Fsp3) is 0.389. The van der Waals surface area contributed by atoms with Crippen LogP contribution in [-0.2, 0) is 11.2 Å². The third kappa shape index (κ3) is 3.39. The molecule has 2 heterocycles. The number of hydrogen-bond donors (Lipinski definition) is 1. The number of nitrogens with one attached hydrogen (secondary N) is 1. The minimum absolute atomic E-state index is 0.0760. The highest BCUT2D eigenvalue weighted by Gasteiger charge is 2.27. The molecule has 0 saturated carbocycles. The summed E-state index contributed by atoms with van der Waals surface area (Å²) in [6, 6.07) is 12.7. The molecule has 2 aromatic rings. The van der Waals surface area contributed by atoms with Gasteiger partial charge >= 0.3 is 0 Å². The number of hydrogen-bond acceptors (Lipinski definition) is 3. The maximum Gasteiger partial charge on any atom is 0.240 e. The highest BCUT2D eigenvalue weighted by Crippen LogP contribution is 2.25. The van der Waals surface area contributed by atoms with Crippen LogP contribution in [0.5, 0.6) is 0 Å². The van der Waals surface area contributed by atoms with E-state index < -0.39 is 0 Å². The number of rotatable bonds is 5. The van der Waals surface area contributed by atoms with Crippen molar-refractivity contribution in [2.75, 3.05) is 19.6 Å². The van der Waals surface area contributed by atoms with Crippen LogP contribution in [0.4, 0.5) is 0 Å². The zero-order valence-corrected chi connectivity index (χ0v) is 13.7. The Morgan fingerprint density at radius 3 is 2.77 bits per heavy atom. The molecule has 1 saturated heterocycles. The largest absolute Gasteiger partial charge is 0.340 e. The van der Waals surface area contributed by atoms with E-state index in [1.165, 1.54) is 16.0 Å². The molecule has 1 aliphatic rings. The van der Waals surface area contributed by atoms with Crippen molar-refractivity contribution in [3.8, 4) is 10.4 Å². The Bertz CT molecular complexity index is 605. The second-order valence-corrected chi connectivity index (χ2v) is 6.66. The fourth-order valence-electron chi connectivity index (χ4n) is 2.93. The highest BCUT2D eigenvalue weighted by atomic mass is 32.1. The summed E-state index contributed by atoms with van der Waals surface area (Å²) in [5.74, 6) is 0.246. The smallest absolute Gasteiger partial charge is 0.240 e. The van der Waals surface area contributed by atoms with Crippen LogP contribution in [0.3, 0.4) is 0 Å². The van der Waals surface area contributed by atoms with Gasteiger partial charge in [0.25, 0.3) is 0 Å². The normalized spacial score (nSPS) is 18.7. The standard InChI is InChI=1S/C18H22N2OS/c1-2-10-20-11-9-19-16(18(20)21)13-14-5-7-15(8-6-14)17-4-3-12-22-17/h3-8,12,16,19H,2,9-11,13H2,1H3/t16-/m1/s1. The molecule has 0 spiro atoms. The molecule has 4 heteroatoms. The third-order valence-electron chi connectivity index (χ3n) is 4.08. The predicted octanol–water partition coefficient (Wildman–Crippen LogP) is 3.17. The molecule has 1 aromatic heterocycles. The van der Waals surface area contributed by atoms with Gasteiger partial charge in [-0.25, -0.2) is 0 Å². The number of thiophene rings is 1. The number of carbonyl (C=O) groups is 1. The minimum Gasteiger partial charge on any atom is -0.340 e. The van der Waals surface area contributed by atoms with E-state index in [9.17, 15) is 4.79 Å². The molecule has 1 N–H and O–H groups in total. The molecule has 116 valence electrons. The summed E-state index contributed by atoms with van der Waals surface area (Å²) >= 11 is 1.75. The van der Waals surface area contributed by atoms with Crippen molar-refractivity contribution < 1.29 is 4.79 Å². The van der Waals surface area contributed by atoms with Gasteiger partial charge in [0, 0.05) is 24.5 Å². The van der Waals surface area contributed by atoms with Crippen molar-refractivity contribution in [2.24, 2.45) is 0 Å². The number of carbonyl (C=O) groups excluding carboxylic acids is 1. The van der Waals surface area contributed by atoms with Crippen molar-refractivity contribution in [1.82, 2.24) is 10.2 Å². The van der Waals surface area contributed by atoms with Gasteiger partial charge in [-0.05, 0) is 35.4 Å². The average Bonchev–Trinajstić information content (AvgIpc) is 3.07. The maximum atomic E-state index is 12.4. The maximum absolute atomic E-state index is 12.4. The van der Waals surface area contributed by atoms with E-state index in [1.54, 1.807) is 11.3 Å². The summed E-state index contributed by atoms with van der Waals surface area (Å²) in [6.07, 6.45) is 1.79. The Hall–Kier alpha value is -1.65. The summed E-state index contributed by atoms with van der Waals surface area (Å²) in [5, 5.41) is 5.45. The Morgan fingerprint density at radius 2 is 2.09 bits per heavy atom. The summed E-state index contributed by atoms with van der Waals surface area (Å²) < 4.78 is 0. The Kier molecular flexibility index (Phi) is 4.90. The molecule has 1 aromatic carbocycles. The van der Waals surface area contributed by atoms with Crippen LogP contribution in [0.15, 0.2) is 41.8 Å². The molecule has 1 amide bonds. The predicted molar refractivity (Wildman–Crippen MR) is 92.1 cm³/mol. The Morgan fingerprint density at radius 1 is 1.27 bits per heavy atom. The van der Waals surface area contributed by atoms with Crippen LogP contribution in [-0.4, -0.2) is 36.5 Å². The average molecular weight is 314 g/mol. The van der Waals surface area contributed by atoms with Crippen LogP contribution in [0, 0.1) is 0 Å². The molecule has 0 radical (unpaired) electrons. The second kappa shape index (κ2) is 7.07. The second-order valence-electron chi connectivity index (χ2n) is 5.71. The first kappa shape index (κ1) is 15.3. The molecular formula is C18H22N2OS. The first-order chi connectivity index (χ1) is 10.8. The van der Waals surface area contributed by atoms with E-state index in [4.69, 9.17) is 0 Å². The van der Waals surface area contributed by atoms with Gasteiger partial charge in [0.15, 0.2) is 0 Å². The number of amides is 1. The lowest BCUT2D eigenvalue weighted by Gasteiger charge is -2.33. The molecule has 3 nitrogen and oxygen atoms in total. The van der Waals surface area contributed by atoms with E-state index in [0.29, 0.717) is 0 Å². The van der Waals surface area contributed by atoms with Gasteiger partial charge in [-0.3, -0.25) is 4.79 Å². The van der Waals surface area contributed by atoms with Gasteiger partial charge in [0.2, 0.25) is 5.91 Å². The van der Waals surface area contributed by atoms with E-state index >= 15 is 0 Å². The summed E-state index contributed by atoms with van der Waals surface area (Å²) in [5.41, 5.74) is 2.46. The Balaban J connectivity index is 1.66. The molecular weight excluding hydrogens is 292 g/mol. The van der Waals surface area contributed by atoms with Crippen LogP contribution in [0.2, 0.25) is 0 Å². The molecule has 1 aliphatic heterocycles. The molecule has 1 fully saturated rings. The van der Waals surface area contributed by atoms with Crippen LogP contribution < -0.4 is 5.32 Å². The van der Waals surface area contributed by atoms with Gasteiger partial charge in [-0.15, -0.1) is 11.3 Å². The van der Waals surface area contributed by atoms with Crippen molar-refractivity contribution in [3.05, 3.63) is 47.3 Å². The monoisotopic (exact) mass is 314 g/mol. The topological polar surface area (TPSA) is 32.3 Å². The SMILES string of the molecule is CCCN1CCN[C@H](Cc2ccc(-c3cccs3)cc2)C1=O. The fourth-order valence-corrected chi connectivity index (χ4v) is 3.66. The zero-order valence-electron chi connectivity index (χ0n) is 12.9. The van der Waals surface area contributed by atoms with E-state index in [0.717, 1.165) is 32.5 Å². The zero-order chi connectivity index (χ0) is 15.4. The van der Waals surface area contributed by atoms with Crippen molar-refractivity contribution in [3.63, 3.8) is 0 Å². The summed E-state index contributed by atoms with van der Waals surface area (Å²) in [7, 11) is 0. The van der Waals surface area contributed by atoms with Gasteiger partial charge in [0.1, 0.15) is 0 Å². The summed E-state index contributed by atoms with van der Waals surface area (Å²) in [4.78, 5) is 15.7. The van der Waals surface area contributed by atoms with Crippen LogP contribution in [0.25, 0.3) is 10.4 Å². The highest BCUT2D eigenvalue weighted by molar-refractivity contribution is 7.13. The first-order valence-corrected chi connectivity index (χ1v) is 8.81. The molecule has 1 atom stereocenters. The lowest BCUT2D eigenvalue weighted by Crippen LogP contribution is -2.55. The van der Waals surface area contributed by atoms with E-state index in [-0.39, 0.29) is 11.9 Å². The molecule has 3 rings (SSSR count). The number of nitrogens with zero attached hydrogens (tertiary/aromatic N) is 1. The third-order valence-corrected chi connectivity index (χ3v) is 4.99. The quantitative estimate of drug-likeness (QED) is 0.919. The number of piperazine rings is 1. The molecule has 0 aliphatic carbocycles. The molecule has 22 heavy (non-hydrogen) atoms. The molecule has 0 unspecified atom stereocenters. The van der Waals surface area contributed by atoms with Gasteiger partial charge < -0.3 is 10.2 Å². The van der Waals surface area contributed by atoms with E-state index in [1.807, 2.05) is 4.90 Å². The molecule has 0 bridgehead atoms. The Labute approximate surface area is 136 Å². The van der Waals surface area contributed by atoms with Crippen molar-refractivity contribution in [1.29, 1.82) is 0 Å².